The van der Waals surface area contributed by atoms with Crippen LogP contribution in [0.2, 0.25) is 0 Å². The van der Waals surface area contributed by atoms with E-state index in [0.29, 0.717) is 5.82 Å². The van der Waals surface area contributed by atoms with E-state index in [-0.39, 0.29) is 5.69 Å². The molecule has 0 saturated carbocycles. The summed E-state index contributed by atoms with van der Waals surface area (Å²) in [6.45, 7) is 1.97. The predicted octanol–water partition coefficient (Wildman–Crippen LogP) is 0.882. The second-order valence-corrected chi connectivity index (χ2v) is 1.98. The van der Waals surface area contributed by atoms with E-state index < -0.39 is 0 Å². The topological polar surface area (TPSA) is 58.1 Å². The van der Waals surface area contributed by atoms with Crippen molar-refractivity contribution in [1.29, 1.82) is 0 Å². The molecule has 1 aromatic rings. The first-order valence-electron chi connectivity index (χ1n) is 3.41. The highest BCUT2D eigenvalue weighted by Gasteiger charge is 1.86. The van der Waals surface area contributed by atoms with Crippen LogP contribution in [0.15, 0.2) is 22.1 Å². The number of H-pyrrole nitrogens is 1. The maximum Gasteiger partial charge on any atom is 0.346 e. The molecule has 0 amide bonds. The number of hydrogen-bond donors (Lipinski definition) is 1. The monoisotopic (exact) mass is 151 g/mol. The van der Waals surface area contributed by atoms with Gasteiger partial charge in [0.15, 0.2) is 0 Å². The number of hydrogen-bond acceptors (Lipinski definition) is 3. The number of aliphatic imine (C=N–C) groups is 1. The maximum atomic E-state index is 10.6. The van der Waals surface area contributed by atoms with Gasteiger partial charge in [0.05, 0.1) is 0 Å². The molecule has 4 nitrogen and oxygen atoms in total. The molecule has 1 heterocycles. The highest BCUT2D eigenvalue weighted by molar-refractivity contribution is 5.60. The SMILES string of the molecule is CC/C=N\c1ccnc(=O)[nH]1. The van der Waals surface area contributed by atoms with Crippen molar-refractivity contribution in [3.05, 3.63) is 22.7 Å². The van der Waals surface area contributed by atoms with Crippen molar-refractivity contribution in [1.82, 2.24) is 9.97 Å². The van der Waals surface area contributed by atoms with Crippen LogP contribution in [-0.2, 0) is 0 Å². The summed E-state index contributed by atoms with van der Waals surface area (Å²) in [5, 5.41) is 0. The largest absolute Gasteiger partial charge is 0.346 e. The van der Waals surface area contributed by atoms with Crippen LogP contribution in [0.5, 0.6) is 0 Å². The van der Waals surface area contributed by atoms with Gasteiger partial charge in [0.1, 0.15) is 5.82 Å². The van der Waals surface area contributed by atoms with Crippen molar-refractivity contribution in [3.63, 3.8) is 0 Å². The Kier molecular flexibility index (Phi) is 2.54. The van der Waals surface area contributed by atoms with E-state index in [1.54, 1.807) is 12.3 Å². The summed E-state index contributed by atoms with van der Waals surface area (Å²) in [4.78, 5) is 20.5. The van der Waals surface area contributed by atoms with Crippen molar-refractivity contribution in [2.75, 3.05) is 0 Å². The smallest absolute Gasteiger partial charge is 0.290 e. The molecule has 0 fully saturated rings. The number of rotatable bonds is 2. The minimum absolute atomic E-state index is 0.365. The van der Waals surface area contributed by atoms with Gasteiger partial charge in [0.2, 0.25) is 0 Å². The quantitative estimate of drug-likeness (QED) is 0.638. The van der Waals surface area contributed by atoms with E-state index in [9.17, 15) is 4.79 Å². The van der Waals surface area contributed by atoms with Gasteiger partial charge < -0.3 is 0 Å². The Bertz CT molecular complexity index is 303. The van der Waals surface area contributed by atoms with E-state index in [4.69, 9.17) is 0 Å². The fourth-order valence-corrected chi connectivity index (χ4v) is 0.624. The third kappa shape index (κ3) is 2.33. The number of nitrogens with one attached hydrogen (secondary N) is 1. The Morgan fingerprint density at radius 3 is 3.27 bits per heavy atom. The summed E-state index contributed by atoms with van der Waals surface area (Å²) in [6.07, 6.45) is 4.01. The second-order valence-electron chi connectivity index (χ2n) is 1.98. The second kappa shape index (κ2) is 3.65. The van der Waals surface area contributed by atoms with Crippen molar-refractivity contribution in [2.45, 2.75) is 13.3 Å². The summed E-state index contributed by atoms with van der Waals surface area (Å²) in [5.41, 5.74) is -0.365. The zero-order valence-corrected chi connectivity index (χ0v) is 6.24. The highest BCUT2D eigenvalue weighted by Crippen LogP contribution is 1.99. The fraction of sp³-hybridized carbons (Fsp3) is 0.286. The summed E-state index contributed by atoms with van der Waals surface area (Å²) < 4.78 is 0. The summed E-state index contributed by atoms with van der Waals surface area (Å²) >= 11 is 0. The first-order chi connectivity index (χ1) is 5.33. The van der Waals surface area contributed by atoms with Crippen molar-refractivity contribution < 1.29 is 0 Å². The molecule has 1 aromatic heterocycles. The maximum absolute atomic E-state index is 10.6. The summed E-state index contributed by atoms with van der Waals surface area (Å²) in [5.74, 6) is 0.548. The van der Waals surface area contributed by atoms with Crippen LogP contribution in [-0.4, -0.2) is 16.2 Å². The highest BCUT2D eigenvalue weighted by atomic mass is 16.1. The van der Waals surface area contributed by atoms with Gasteiger partial charge in [-0.1, -0.05) is 6.92 Å². The van der Waals surface area contributed by atoms with Gasteiger partial charge >= 0.3 is 5.69 Å². The van der Waals surface area contributed by atoms with Gasteiger partial charge in [0, 0.05) is 12.4 Å². The van der Waals surface area contributed by atoms with Crippen LogP contribution >= 0.6 is 0 Å². The first-order valence-corrected chi connectivity index (χ1v) is 3.41. The molecule has 0 aliphatic rings. The van der Waals surface area contributed by atoms with Crippen molar-refractivity contribution >= 4 is 12.0 Å². The normalized spacial score (nSPS) is 10.6. The number of nitrogens with zero attached hydrogens (tertiary/aromatic N) is 2. The zero-order chi connectivity index (χ0) is 8.10. The summed E-state index contributed by atoms with van der Waals surface area (Å²) in [6, 6.07) is 1.65. The van der Waals surface area contributed by atoms with Gasteiger partial charge in [-0.15, -0.1) is 0 Å². The Morgan fingerprint density at radius 2 is 2.64 bits per heavy atom. The Morgan fingerprint density at radius 1 is 1.82 bits per heavy atom. The molecule has 0 aliphatic carbocycles. The van der Waals surface area contributed by atoms with Crippen LogP contribution < -0.4 is 5.69 Å². The van der Waals surface area contributed by atoms with Crippen LogP contribution in [0.4, 0.5) is 5.82 Å². The van der Waals surface area contributed by atoms with Crippen LogP contribution in [0.25, 0.3) is 0 Å². The summed E-state index contributed by atoms with van der Waals surface area (Å²) in [7, 11) is 0. The van der Waals surface area contributed by atoms with Crippen LogP contribution in [0.3, 0.4) is 0 Å². The number of aromatic amines is 1. The van der Waals surface area contributed by atoms with Gasteiger partial charge in [-0.05, 0) is 12.5 Å². The molecule has 0 spiro atoms. The first kappa shape index (κ1) is 7.65. The number of aromatic nitrogens is 2. The van der Waals surface area contributed by atoms with E-state index in [2.05, 4.69) is 15.0 Å². The van der Waals surface area contributed by atoms with E-state index >= 15 is 0 Å². The average Bonchev–Trinajstić information content (AvgIpc) is 2.01. The van der Waals surface area contributed by atoms with Gasteiger partial charge in [0.25, 0.3) is 0 Å². The molecule has 11 heavy (non-hydrogen) atoms. The fourth-order valence-electron chi connectivity index (χ4n) is 0.624. The lowest BCUT2D eigenvalue weighted by Crippen LogP contribution is -2.07. The molecule has 0 radical (unpaired) electrons. The molecule has 58 valence electrons. The van der Waals surface area contributed by atoms with E-state index in [0.717, 1.165) is 6.42 Å². The van der Waals surface area contributed by atoms with E-state index in [1.807, 2.05) is 6.92 Å². The standard InChI is InChI=1S/C7H9N3O/c1-2-4-8-6-3-5-9-7(11)10-6/h3-5H,2H2,1H3,(H,9,10,11)/b8-4-. The molecule has 4 heteroatoms. The van der Waals surface area contributed by atoms with Crippen LogP contribution in [0, 0.1) is 0 Å². The molecule has 0 unspecified atom stereocenters. The Balaban J connectivity index is 2.88. The molecule has 1 rings (SSSR count). The van der Waals surface area contributed by atoms with Gasteiger partial charge in [-0.25, -0.2) is 14.8 Å². The molecule has 0 aliphatic heterocycles. The molecule has 1 N–H and O–H groups in total. The third-order valence-electron chi connectivity index (χ3n) is 1.07. The Hall–Kier alpha value is -1.45. The average molecular weight is 151 g/mol. The predicted molar refractivity (Wildman–Crippen MR) is 43.3 cm³/mol. The third-order valence-corrected chi connectivity index (χ3v) is 1.07. The Labute approximate surface area is 64.0 Å². The molecular weight excluding hydrogens is 142 g/mol. The lowest BCUT2D eigenvalue weighted by atomic mass is 10.5. The minimum atomic E-state index is -0.365. The van der Waals surface area contributed by atoms with Crippen molar-refractivity contribution in [3.8, 4) is 0 Å². The van der Waals surface area contributed by atoms with Crippen LogP contribution in [0.1, 0.15) is 13.3 Å². The lowest BCUT2D eigenvalue weighted by molar-refractivity contribution is 1.07. The van der Waals surface area contributed by atoms with Crippen molar-refractivity contribution in [2.24, 2.45) is 4.99 Å². The molecule has 0 aromatic carbocycles. The molecule has 0 saturated heterocycles. The van der Waals surface area contributed by atoms with E-state index in [1.165, 1.54) is 6.20 Å². The van der Waals surface area contributed by atoms with Gasteiger partial charge in [-0.2, -0.15) is 0 Å². The zero-order valence-electron chi connectivity index (χ0n) is 6.24. The molecule has 0 atom stereocenters. The van der Waals surface area contributed by atoms with Gasteiger partial charge in [-0.3, -0.25) is 4.98 Å². The molecular formula is C7H9N3O. The molecule has 0 bridgehead atoms. The minimum Gasteiger partial charge on any atom is -0.290 e. The lowest BCUT2D eigenvalue weighted by Gasteiger charge is -1.88.